The number of urea groups is 1. The molecule has 0 atom stereocenters. The zero-order valence-corrected chi connectivity index (χ0v) is 12.0. The molecule has 0 aliphatic heterocycles. The number of carbonyl (C=O) groups is 2. The summed E-state index contributed by atoms with van der Waals surface area (Å²) in [5.74, 6) is -0.868. The summed E-state index contributed by atoms with van der Waals surface area (Å²) < 4.78 is 0. The second kappa shape index (κ2) is 6.69. The van der Waals surface area contributed by atoms with E-state index in [1.165, 1.54) is 11.3 Å². The molecule has 1 aromatic rings. The molecule has 0 spiro atoms. The van der Waals surface area contributed by atoms with Gasteiger partial charge in [0.2, 0.25) is 0 Å². The maximum absolute atomic E-state index is 12.0. The molecule has 0 saturated heterocycles. The van der Waals surface area contributed by atoms with Crippen molar-refractivity contribution in [2.45, 2.75) is 50.6 Å². The topological polar surface area (TPSA) is 91.3 Å². The van der Waals surface area contributed by atoms with Gasteiger partial charge in [-0.25, -0.2) is 9.78 Å². The summed E-state index contributed by atoms with van der Waals surface area (Å²) in [6.07, 6.45) is 6.14. The fourth-order valence-electron chi connectivity index (χ4n) is 2.65. The van der Waals surface area contributed by atoms with Crippen molar-refractivity contribution in [3.8, 4) is 0 Å². The normalized spacial score (nSPS) is 17.4. The van der Waals surface area contributed by atoms with Crippen molar-refractivity contribution in [3.63, 3.8) is 0 Å². The summed E-state index contributed by atoms with van der Waals surface area (Å²) in [6.45, 7) is 0.368. The highest BCUT2D eigenvalue weighted by molar-refractivity contribution is 7.09. The zero-order valence-electron chi connectivity index (χ0n) is 11.2. The largest absolute Gasteiger partial charge is 0.481 e. The van der Waals surface area contributed by atoms with Gasteiger partial charge in [0.25, 0.3) is 0 Å². The lowest BCUT2D eigenvalue weighted by Crippen LogP contribution is -2.54. The van der Waals surface area contributed by atoms with Crippen LogP contribution in [0.25, 0.3) is 0 Å². The first-order valence-electron chi connectivity index (χ1n) is 6.76. The van der Waals surface area contributed by atoms with Gasteiger partial charge < -0.3 is 15.7 Å². The number of rotatable bonds is 5. The number of carbonyl (C=O) groups excluding carboxylic acids is 1. The Kier molecular flexibility index (Phi) is 4.94. The number of aromatic nitrogens is 1. The molecular formula is C13H19N3O3S. The van der Waals surface area contributed by atoms with Gasteiger partial charge in [0, 0.05) is 11.6 Å². The van der Waals surface area contributed by atoms with Gasteiger partial charge in [0.15, 0.2) is 0 Å². The fourth-order valence-corrected chi connectivity index (χ4v) is 3.20. The number of hydrogen-bond donors (Lipinski definition) is 3. The van der Waals surface area contributed by atoms with Crippen molar-refractivity contribution in [1.29, 1.82) is 0 Å². The first-order chi connectivity index (χ1) is 9.60. The van der Waals surface area contributed by atoms with Gasteiger partial charge in [-0.05, 0) is 12.8 Å². The quantitative estimate of drug-likeness (QED) is 0.776. The van der Waals surface area contributed by atoms with Crippen molar-refractivity contribution in [3.05, 3.63) is 16.6 Å². The van der Waals surface area contributed by atoms with Crippen molar-refractivity contribution in [2.24, 2.45) is 0 Å². The van der Waals surface area contributed by atoms with Crippen LogP contribution in [0.4, 0.5) is 4.79 Å². The molecule has 0 radical (unpaired) electrons. The Morgan fingerprint density at radius 3 is 2.70 bits per heavy atom. The Balaban J connectivity index is 1.89. The van der Waals surface area contributed by atoms with Crippen molar-refractivity contribution in [2.75, 3.05) is 0 Å². The van der Waals surface area contributed by atoms with E-state index in [1.54, 1.807) is 6.20 Å². The molecule has 0 aromatic carbocycles. The SMILES string of the molecule is O=C(O)CC1(NC(=O)NCc2nccs2)CCCCC1. The minimum absolute atomic E-state index is 0.0162. The van der Waals surface area contributed by atoms with E-state index >= 15 is 0 Å². The van der Waals surface area contributed by atoms with Gasteiger partial charge in [-0.2, -0.15) is 0 Å². The molecule has 2 amide bonds. The monoisotopic (exact) mass is 297 g/mol. The average molecular weight is 297 g/mol. The lowest BCUT2D eigenvalue weighted by molar-refractivity contribution is -0.139. The number of aliphatic carboxylic acids is 1. The summed E-state index contributed by atoms with van der Waals surface area (Å²) in [4.78, 5) is 27.1. The Morgan fingerprint density at radius 1 is 1.35 bits per heavy atom. The molecule has 1 aliphatic rings. The van der Waals surface area contributed by atoms with Crippen LogP contribution in [-0.2, 0) is 11.3 Å². The van der Waals surface area contributed by atoms with E-state index in [0.717, 1.165) is 37.1 Å². The lowest BCUT2D eigenvalue weighted by Gasteiger charge is -2.36. The first kappa shape index (κ1) is 14.8. The smallest absolute Gasteiger partial charge is 0.315 e. The minimum Gasteiger partial charge on any atom is -0.481 e. The van der Waals surface area contributed by atoms with E-state index in [9.17, 15) is 9.59 Å². The van der Waals surface area contributed by atoms with Crippen LogP contribution in [0.5, 0.6) is 0 Å². The number of amides is 2. The summed E-state index contributed by atoms with van der Waals surface area (Å²) in [7, 11) is 0. The minimum atomic E-state index is -0.868. The highest BCUT2D eigenvalue weighted by atomic mass is 32.1. The Morgan fingerprint density at radius 2 is 2.10 bits per heavy atom. The third-order valence-electron chi connectivity index (χ3n) is 3.56. The number of thiazole rings is 1. The van der Waals surface area contributed by atoms with Gasteiger partial charge in [0.1, 0.15) is 5.01 Å². The number of nitrogens with zero attached hydrogens (tertiary/aromatic N) is 1. The Hall–Kier alpha value is -1.63. The molecular weight excluding hydrogens is 278 g/mol. The maximum atomic E-state index is 12.0. The van der Waals surface area contributed by atoms with E-state index in [2.05, 4.69) is 15.6 Å². The molecule has 1 saturated carbocycles. The molecule has 0 bridgehead atoms. The third-order valence-corrected chi connectivity index (χ3v) is 4.34. The van der Waals surface area contributed by atoms with E-state index in [-0.39, 0.29) is 12.5 Å². The molecule has 1 aliphatic carbocycles. The van der Waals surface area contributed by atoms with Crippen LogP contribution < -0.4 is 10.6 Å². The standard InChI is InChI=1S/C13H19N3O3S/c17-11(18)8-13(4-2-1-3-5-13)16-12(19)15-9-10-14-6-7-20-10/h6-7H,1-5,8-9H2,(H,17,18)(H2,15,16,19). The summed E-state index contributed by atoms with van der Waals surface area (Å²) in [6, 6.07) is -0.316. The number of nitrogens with one attached hydrogen (secondary N) is 2. The maximum Gasteiger partial charge on any atom is 0.315 e. The van der Waals surface area contributed by atoms with Crippen LogP contribution in [0.3, 0.4) is 0 Å². The van der Waals surface area contributed by atoms with Crippen LogP contribution in [0.2, 0.25) is 0 Å². The molecule has 1 aromatic heterocycles. The van der Waals surface area contributed by atoms with E-state index < -0.39 is 11.5 Å². The second-order valence-electron chi connectivity index (χ2n) is 5.15. The number of carboxylic acids is 1. The highest BCUT2D eigenvalue weighted by Gasteiger charge is 2.35. The highest BCUT2D eigenvalue weighted by Crippen LogP contribution is 2.31. The summed E-state index contributed by atoms with van der Waals surface area (Å²) >= 11 is 1.47. The molecule has 3 N–H and O–H groups in total. The molecule has 1 heterocycles. The lowest BCUT2D eigenvalue weighted by atomic mass is 9.79. The molecule has 6 nitrogen and oxygen atoms in total. The van der Waals surface area contributed by atoms with Crippen LogP contribution in [0.1, 0.15) is 43.5 Å². The molecule has 2 rings (SSSR count). The number of carboxylic acid groups (broad SMARTS) is 1. The zero-order chi connectivity index (χ0) is 14.4. The van der Waals surface area contributed by atoms with Crippen LogP contribution >= 0.6 is 11.3 Å². The molecule has 1 fully saturated rings. The Bertz CT molecular complexity index is 455. The predicted molar refractivity (Wildman–Crippen MR) is 75.6 cm³/mol. The summed E-state index contributed by atoms with van der Waals surface area (Å²) in [5.41, 5.74) is -0.600. The van der Waals surface area contributed by atoms with Crippen LogP contribution in [0, 0.1) is 0 Å². The van der Waals surface area contributed by atoms with Crippen molar-refractivity contribution < 1.29 is 14.7 Å². The Labute approximate surface area is 121 Å². The predicted octanol–water partition coefficient (Wildman–Crippen LogP) is 2.12. The van der Waals surface area contributed by atoms with Crippen LogP contribution in [0.15, 0.2) is 11.6 Å². The van der Waals surface area contributed by atoms with Crippen molar-refractivity contribution in [1.82, 2.24) is 15.6 Å². The van der Waals surface area contributed by atoms with E-state index in [1.807, 2.05) is 5.38 Å². The van der Waals surface area contributed by atoms with E-state index in [0.29, 0.717) is 6.54 Å². The molecule has 20 heavy (non-hydrogen) atoms. The van der Waals surface area contributed by atoms with Gasteiger partial charge >= 0.3 is 12.0 Å². The summed E-state index contributed by atoms with van der Waals surface area (Å²) in [5, 5.41) is 17.3. The molecule has 7 heteroatoms. The van der Waals surface area contributed by atoms with E-state index in [4.69, 9.17) is 5.11 Å². The first-order valence-corrected chi connectivity index (χ1v) is 7.64. The fraction of sp³-hybridized carbons (Fsp3) is 0.615. The van der Waals surface area contributed by atoms with Crippen LogP contribution in [-0.4, -0.2) is 27.6 Å². The van der Waals surface area contributed by atoms with Gasteiger partial charge in [-0.1, -0.05) is 19.3 Å². The van der Waals surface area contributed by atoms with Gasteiger partial charge in [-0.15, -0.1) is 11.3 Å². The van der Waals surface area contributed by atoms with Gasteiger partial charge in [0.05, 0.1) is 18.5 Å². The second-order valence-corrected chi connectivity index (χ2v) is 6.12. The molecule has 110 valence electrons. The van der Waals surface area contributed by atoms with Gasteiger partial charge in [-0.3, -0.25) is 4.79 Å². The number of hydrogen-bond acceptors (Lipinski definition) is 4. The third kappa shape index (κ3) is 4.19. The average Bonchev–Trinajstić information content (AvgIpc) is 2.89. The molecule has 0 unspecified atom stereocenters. The van der Waals surface area contributed by atoms with Crippen molar-refractivity contribution >= 4 is 23.3 Å².